The Morgan fingerprint density at radius 1 is 0.679 bits per heavy atom. The molecule has 2 aromatic carbocycles. The van der Waals surface area contributed by atoms with Gasteiger partial charge in [0.05, 0.1) is 0 Å². The average molecular weight is 508 g/mol. The predicted octanol–water partition coefficient (Wildman–Crippen LogP) is 0.529. The second kappa shape index (κ2) is 9.17. The van der Waals surface area contributed by atoms with Crippen LogP contribution in [0.5, 0.6) is 0 Å². The van der Waals surface area contributed by atoms with Crippen LogP contribution in [0.1, 0.15) is 54.5 Å². The first-order valence-corrected chi connectivity index (χ1v) is 19.8. The predicted molar refractivity (Wildman–Crippen MR) is 114 cm³/mol. The number of hydrogen-bond donors (Lipinski definition) is 0. The minimum Gasteiger partial charge on any atom is -1.00 e. The molecule has 2 aromatic rings. The molecule has 0 fully saturated rings. The summed E-state index contributed by atoms with van der Waals surface area (Å²) >= 11 is -1.78. The summed E-state index contributed by atoms with van der Waals surface area (Å²) < 4.78 is 1.55. The second-order valence-corrected chi connectivity index (χ2v) is 28.5. The van der Waals surface area contributed by atoms with Gasteiger partial charge >= 0.3 is 168 Å². The molecule has 0 nitrogen and oxygen atoms in total. The van der Waals surface area contributed by atoms with E-state index in [1.165, 1.54) is 22.3 Å². The van der Waals surface area contributed by atoms with E-state index in [4.69, 9.17) is 0 Å². The van der Waals surface area contributed by atoms with Crippen LogP contribution in [0.15, 0.2) is 47.5 Å². The third-order valence-electron chi connectivity index (χ3n) is 6.33. The molecular weight excluding hydrogens is 478 g/mol. The number of halogens is 2. The van der Waals surface area contributed by atoms with Gasteiger partial charge in [0.2, 0.25) is 0 Å². The summed E-state index contributed by atoms with van der Waals surface area (Å²) in [6, 6.07) is 14.0. The molecule has 0 amide bonds. The van der Waals surface area contributed by atoms with Gasteiger partial charge in [-0.25, -0.2) is 0 Å². The molecule has 4 rings (SSSR count). The molecule has 0 saturated heterocycles. The molecule has 0 bridgehead atoms. The minimum absolute atomic E-state index is 0. The van der Waals surface area contributed by atoms with Crippen LogP contribution >= 0.6 is 0 Å². The number of hydrogen-bond acceptors (Lipinski definition) is 0. The van der Waals surface area contributed by atoms with Gasteiger partial charge in [-0.1, -0.05) is 0 Å². The van der Waals surface area contributed by atoms with Crippen molar-refractivity contribution < 1.29 is 45.7 Å². The fraction of sp³-hybridized carbons (Fsp3) is 0.333. The van der Waals surface area contributed by atoms with Crippen LogP contribution in [0.2, 0.25) is 13.1 Å². The van der Waals surface area contributed by atoms with Gasteiger partial charge in [0, 0.05) is 0 Å². The molecule has 4 heteroatoms. The quantitative estimate of drug-likeness (QED) is 0.532. The third kappa shape index (κ3) is 3.83. The number of fused-ring (bicyclic) bond motifs is 2. The van der Waals surface area contributed by atoms with Crippen molar-refractivity contribution in [3.8, 4) is 0 Å². The van der Waals surface area contributed by atoms with Gasteiger partial charge in [0.15, 0.2) is 0 Å². The summed E-state index contributed by atoms with van der Waals surface area (Å²) in [4.78, 5) is 0. The van der Waals surface area contributed by atoms with Gasteiger partial charge in [0.25, 0.3) is 0 Å². The zero-order chi connectivity index (χ0) is 18.6. The Bertz CT molecular complexity index is 872. The molecule has 2 unspecified atom stereocenters. The molecule has 2 aliphatic carbocycles. The summed E-state index contributed by atoms with van der Waals surface area (Å²) in [5.41, 5.74) is 12.6. The smallest absolute Gasteiger partial charge is 1.00 e. The summed E-state index contributed by atoms with van der Waals surface area (Å²) in [6.45, 7) is 14.6. The monoisotopic (exact) mass is 505 g/mol. The maximum Gasteiger partial charge on any atom is -1.00 e. The summed E-state index contributed by atoms with van der Waals surface area (Å²) in [7, 11) is 0. The van der Waals surface area contributed by atoms with Gasteiger partial charge < -0.3 is 24.8 Å². The molecule has 0 radical (unpaired) electrons. The van der Waals surface area contributed by atoms with Gasteiger partial charge in [0.1, 0.15) is 0 Å². The Morgan fingerprint density at radius 3 is 1.43 bits per heavy atom. The van der Waals surface area contributed by atoms with E-state index < -0.39 is 26.8 Å². The summed E-state index contributed by atoms with van der Waals surface area (Å²) in [5, 5.41) is 0. The van der Waals surface area contributed by atoms with E-state index >= 15 is 0 Å². The van der Waals surface area contributed by atoms with Crippen molar-refractivity contribution in [1.82, 2.24) is 0 Å². The maximum absolute atomic E-state index is 2.64. The largest absolute Gasteiger partial charge is 1.00 e. The maximum atomic E-state index is 2.64. The molecule has 0 aromatic heterocycles. The van der Waals surface area contributed by atoms with Crippen LogP contribution < -0.4 is 24.8 Å². The van der Waals surface area contributed by atoms with Crippen molar-refractivity contribution in [2.75, 3.05) is 0 Å². The molecular formula is C24H29Cl2SiZr. The van der Waals surface area contributed by atoms with E-state index in [-0.39, 0.29) is 24.8 Å². The number of aryl methyl sites for hydroxylation is 2. The number of rotatable bonds is 3. The summed E-state index contributed by atoms with van der Waals surface area (Å²) in [5.74, 6) is -0.703. The first kappa shape index (κ1) is 23.9. The zero-order valence-corrected chi connectivity index (χ0v) is 22.7. The van der Waals surface area contributed by atoms with Gasteiger partial charge in [-0.15, -0.1) is 0 Å². The van der Waals surface area contributed by atoms with E-state index in [0.717, 1.165) is 7.25 Å². The fourth-order valence-corrected chi connectivity index (χ4v) is 28.4. The topological polar surface area (TPSA) is 0 Å². The number of allylic oxidation sites excluding steroid dienone is 2. The van der Waals surface area contributed by atoms with Crippen molar-refractivity contribution in [2.45, 2.75) is 48.0 Å². The van der Waals surface area contributed by atoms with Crippen molar-refractivity contribution in [3.05, 3.63) is 80.9 Å². The Balaban J connectivity index is 0.00000140. The van der Waals surface area contributed by atoms with Crippen molar-refractivity contribution in [1.29, 1.82) is 0 Å². The van der Waals surface area contributed by atoms with Crippen LogP contribution in [-0.4, -0.2) is 5.92 Å². The van der Waals surface area contributed by atoms with Crippen molar-refractivity contribution >= 4 is 18.1 Å². The SMILES string of the molecule is CC1=Cc2c(C)cccc2[CH]1[Zr+2]([CH]1C(C)=Cc2c(C)cccc21)[SiH](C)C.[Cl-].[Cl-]. The van der Waals surface area contributed by atoms with Gasteiger partial charge in [-0.3, -0.25) is 0 Å². The van der Waals surface area contributed by atoms with E-state index in [2.05, 4.69) is 89.3 Å². The molecule has 2 aliphatic rings. The van der Waals surface area contributed by atoms with Crippen LogP contribution in [0.3, 0.4) is 0 Å². The van der Waals surface area contributed by atoms with E-state index in [1.54, 1.807) is 22.3 Å². The van der Waals surface area contributed by atoms with Crippen molar-refractivity contribution in [2.24, 2.45) is 0 Å². The first-order chi connectivity index (χ1) is 12.4. The van der Waals surface area contributed by atoms with Crippen LogP contribution in [0.25, 0.3) is 12.2 Å². The minimum atomic E-state index is -1.78. The first-order valence-electron chi connectivity index (χ1n) is 9.82. The summed E-state index contributed by atoms with van der Waals surface area (Å²) in [6.07, 6.45) is 5.02. The Hall–Kier alpha value is -0.400. The molecule has 2 atom stereocenters. The molecule has 0 aliphatic heterocycles. The number of benzene rings is 2. The Labute approximate surface area is 191 Å². The van der Waals surface area contributed by atoms with Crippen molar-refractivity contribution in [3.63, 3.8) is 0 Å². The van der Waals surface area contributed by atoms with Gasteiger partial charge in [-0.2, -0.15) is 0 Å². The van der Waals surface area contributed by atoms with E-state index in [9.17, 15) is 0 Å². The molecule has 147 valence electrons. The van der Waals surface area contributed by atoms with E-state index in [1.807, 2.05) is 0 Å². The average Bonchev–Trinajstić information content (AvgIpc) is 3.09. The van der Waals surface area contributed by atoms with Crippen LogP contribution in [0.4, 0.5) is 0 Å². The second-order valence-electron chi connectivity index (χ2n) is 8.45. The zero-order valence-electron chi connectivity index (χ0n) is 17.6. The van der Waals surface area contributed by atoms with E-state index in [0.29, 0.717) is 0 Å². The molecule has 28 heavy (non-hydrogen) atoms. The Morgan fingerprint density at radius 2 is 1.07 bits per heavy atom. The molecule has 0 heterocycles. The van der Waals surface area contributed by atoms with Crippen LogP contribution in [0, 0.1) is 13.8 Å². The standard InChI is InChI=1S/2C11H11.C2H7Si.2ClH.Zr/c2*1-8-6-10-5-3-4-9(2)11(10)7-8;1-3-2;;;/h2*3-7H,1-2H3;3H,1-2H3;2*1H;/q;;;;;+2/p-2. The normalized spacial score (nSPS) is 19.2. The fourth-order valence-electron chi connectivity index (χ4n) is 5.14. The Kier molecular flexibility index (Phi) is 7.82. The molecule has 0 saturated carbocycles. The molecule has 0 spiro atoms. The van der Waals surface area contributed by atoms with Gasteiger partial charge in [-0.05, 0) is 0 Å². The third-order valence-corrected chi connectivity index (χ3v) is 28.5. The molecule has 0 N–H and O–H groups in total. The van der Waals surface area contributed by atoms with Crippen LogP contribution in [-0.2, 0) is 20.9 Å².